The van der Waals surface area contributed by atoms with E-state index in [4.69, 9.17) is 10.5 Å². The molecule has 0 radical (unpaired) electrons. The van der Waals surface area contributed by atoms with Gasteiger partial charge in [-0.3, -0.25) is 0 Å². The normalized spacial score (nSPS) is 13.1. The summed E-state index contributed by atoms with van der Waals surface area (Å²) >= 11 is 0. The van der Waals surface area contributed by atoms with E-state index in [1.54, 1.807) is 19.2 Å². The molecular weight excluding hydrogens is 290 g/mol. The second-order valence-electron chi connectivity index (χ2n) is 4.71. The van der Waals surface area contributed by atoms with Gasteiger partial charge in [-0.1, -0.05) is 30.3 Å². The molecule has 0 amide bonds. The Morgan fingerprint density at radius 1 is 1.14 bits per heavy atom. The van der Waals surface area contributed by atoms with Gasteiger partial charge in [0.2, 0.25) is 0 Å². The number of aliphatic hydroxyl groups is 1. The number of nitrogens with two attached hydrogens (primary N) is 1. The summed E-state index contributed by atoms with van der Waals surface area (Å²) in [5.41, 5.74) is 7.52. The van der Waals surface area contributed by atoms with Gasteiger partial charge >= 0.3 is 0 Å². The molecule has 2 aromatic rings. The van der Waals surface area contributed by atoms with Crippen LogP contribution in [-0.2, 0) is 6.42 Å². The summed E-state index contributed by atoms with van der Waals surface area (Å²) < 4.78 is 5.11. The van der Waals surface area contributed by atoms with Gasteiger partial charge < -0.3 is 20.7 Å². The highest BCUT2D eigenvalue weighted by Crippen LogP contribution is 2.29. The summed E-state index contributed by atoms with van der Waals surface area (Å²) in [5, 5.41) is 20.1. The van der Waals surface area contributed by atoms with E-state index in [2.05, 4.69) is 0 Å². The van der Waals surface area contributed by atoms with Gasteiger partial charge in [0, 0.05) is 12.0 Å². The highest BCUT2D eigenvalue weighted by Gasteiger charge is 2.20. The molecule has 0 heterocycles. The van der Waals surface area contributed by atoms with E-state index < -0.39 is 12.1 Å². The number of hydrogen-bond acceptors (Lipinski definition) is 4. The summed E-state index contributed by atoms with van der Waals surface area (Å²) in [4.78, 5) is 0. The maximum absolute atomic E-state index is 10.2. The van der Waals surface area contributed by atoms with Crippen molar-refractivity contribution in [2.75, 3.05) is 7.11 Å². The fourth-order valence-corrected chi connectivity index (χ4v) is 2.12. The van der Waals surface area contributed by atoms with E-state index in [-0.39, 0.29) is 18.2 Å². The number of ether oxygens (including phenoxy) is 1. The third kappa shape index (κ3) is 4.36. The molecule has 114 valence electrons. The van der Waals surface area contributed by atoms with Crippen molar-refractivity contribution < 1.29 is 14.9 Å². The number of rotatable bonds is 5. The molecule has 0 aliphatic carbocycles. The minimum Gasteiger partial charge on any atom is -0.508 e. The molecule has 0 aromatic heterocycles. The molecule has 0 fully saturated rings. The third-order valence-corrected chi connectivity index (χ3v) is 3.30. The number of methoxy groups -OCH3 is 1. The van der Waals surface area contributed by atoms with Crippen molar-refractivity contribution in [3.63, 3.8) is 0 Å². The minimum atomic E-state index is -0.782. The molecule has 0 bridgehead atoms. The Labute approximate surface area is 130 Å². The molecule has 0 aliphatic rings. The zero-order valence-corrected chi connectivity index (χ0v) is 12.6. The van der Waals surface area contributed by atoms with Crippen molar-refractivity contribution in [3.8, 4) is 11.5 Å². The van der Waals surface area contributed by atoms with Crippen LogP contribution in [0.3, 0.4) is 0 Å². The Hall–Kier alpha value is -1.75. The predicted octanol–water partition coefficient (Wildman–Crippen LogP) is 2.43. The molecule has 0 unspecified atom stereocenters. The van der Waals surface area contributed by atoms with E-state index >= 15 is 0 Å². The molecule has 0 saturated carbocycles. The summed E-state index contributed by atoms with van der Waals surface area (Å²) in [6.07, 6.45) is -0.353. The zero-order valence-electron chi connectivity index (χ0n) is 11.8. The van der Waals surface area contributed by atoms with Crippen LogP contribution >= 0.6 is 12.4 Å². The van der Waals surface area contributed by atoms with Crippen LogP contribution in [0.15, 0.2) is 48.5 Å². The molecule has 2 aromatic carbocycles. The maximum atomic E-state index is 10.2. The van der Waals surface area contributed by atoms with Crippen molar-refractivity contribution >= 4 is 12.4 Å². The maximum Gasteiger partial charge on any atom is 0.120 e. The molecule has 21 heavy (non-hydrogen) atoms. The predicted molar refractivity (Wildman–Crippen MR) is 85.0 cm³/mol. The Morgan fingerprint density at radius 3 is 2.43 bits per heavy atom. The second kappa shape index (κ2) is 7.88. The standard InChI is InChI=1S/C16H19NO3.ClH/c1-20-12-7-8-14(18)13(10-12)16(17)15(19)9-11-5-3-2-4-6-11;/h2-8,10,15-16,18-19H,9,17H2,1H3;1H/t15-,16+;/m1./s1. The average Bonchev–Trinajstić information content (AvgIpc) is 2.48. The first-order chi connectivity index (χ1) is 9.61. The summed E-state index contributed by atoms with van der Waals surface area (Å²) in [6, 6.07) is 13.7. The molecule has 0 spiro atoms. The lowest BCUT2D eigenvalue weighted by Gasteiger charge is -2.20. The molecule has 2 atom stereocenters. The van der Waals surface area contributed by atoms with Gasteiger partial charge in [-0.25, -0.2) is 0 Å². The molecule has 4 N–H and O–H groups in total. The number of aliphatic hydroxyl groups excluding tert-OH is 1. The van der Waals surface area contributed by atoms with Crippen molar-refractivity contribution in [3.05, 3.63) is 59.7 Å². The van der Waals surface area contributed by atoms with Crippen LogP contribution in [0.2, 0.25) is 0 Å². The highest BCUT2D eigenvalue weighted by atomic mass is 35.5. The first-order valence-corrected chi connectivity index (χ1v) is 6.46. The van der Waals surface area contributed by atoms with Gasteiger partial charge in [0.15, 0.2) is 0 Å². The monoisotopic (exact) mass is 309 g/mol. The van der Waals surface area contributed by atoms with Gasteiger partial charge in [0.05, 0.1) is 19.3 Å². The Bertz CT molecular complexity index is 563. The lowest BCUT2D eigenvalue weighted by molar-refractivity contribution is 0.143. The topological polar surface area (TPSA) is 75.7 Å². The Balaban J connectivity index is 0.00000220. The van der Waals surface area contributed by atoms with Crippen LogP contribution < -0.4 is 10.5 Å². The second-order valence-corrected chi connectivity index (χ2v) is 4.71. The number of aromatic hydroxyl groups is 1. The SMILES string of the molecule is COc1ccc(O)c([C@H](N)[C@H](O)Cc2ccccc2)c1.Cl. The van der Waals surface area contributed by atoms with E-state index in [0.29, 0.717) is 17.7 Å². The fourth-order valence-electron chi connectivity index (χ4n) is 2.12. The lowest BCUT2D eigenvalue weighted by Crippen LogP contribution is -2.28. The number of halogens is 1. The smallest absolute Gasteiger partial charge is 0.120 e. The number of phenolic OH excluding ortho intramolecular Hbond substituents is 1. The molecule has 5 heteroatoms. The van der Waals surface area contributed by atoms with Gasteiger partial charge in [0.25, 0.3) is 0 Å². The van der Waals surface area contributed by atoms with Gasteiger partial charge in [-0.15, -0.1) is 12.4 Å². The minimum absolute atomic E-state index is 0. The number of hydrogen-bond donors (Lipinski definition) is 3. The van der Waals surface area contributed by atoms with Crippen LogP contribution in [0.25, 0.3) is 0 Å². The summed E-state index contributed by atoms with van der Waals surface area (Å²) in [7, 11) is 1.54. The van der Waals surface area contributed by atoms with E-state index in [1.165, 1.54) is 6.07 Å². The molecule has 2 rings (SSSR count). The van der Waals surface area contributed by atoms with Gasteiger partial charge in [0.1, 0.15) is 11.5 Å². The van der Waals surface area contributed by atoms with Gasteiger partial charge in [-0.05, 0) is 23.8 Å². The largest absolute Gasteiger partial charge is 0.508 e. The molecule has 0 saturated heterocycles. The average molecular weight is 310 g/mol. The highest BCUT2D eigenvalue weighted by molar-refractivity contribution is 5.85. The van der Waals surface area contributed by atoms with Crippen molar-refractivity contribution in [2.45, 2.75) is 18.6 Å². The van der Waals surface area contributed by atoms with E-state index in [1.807, 2.05) is 30.3 Å². The van der Waals surface area contributed by atoms with Crippen molar-refractivity contribution in [1.82, 2.24) is 0 Å². The number of benzene rings is 2. The zero-order chi connectivity index (χ0) is 14.5. The Morgan fingerprint density at radius 2 is 1.81 bits per heavy atom. The van der Waals surface area contributed by atoms with Crippen LogP contribution in [-0.4, -0.2) is 23.4 Å². The molecule has 0 aliphatic heterocycles. The molecule has 4 nitrogen and oxygen atoms in total. The summed E-state index contributed by atoms with van der Waals surface area (Å²) in [6.45, 7) is 0. The van der Waals surface area contributed by atoms with Crippen LogP contribution in [0, 0.1) is 0 Å². The van der Waals surface area contributed by atoms with Crippen molar-refractivity contribution in [2.24, 2.45) is 5.73 Å². The van der Waals surface area contributed by atoms with E-state index in [0.717, 1.165) is 5.56 Å². The van der Waals surface area contributed by atoms with Crippen LogP contribution in [0.4, 0.5) is 0 Å². The van der Waals surface area contributed by atoms with Gasteiger partial charge in [-0.2, -0.15) is 0 Å². The van der Waals surface area contributed by atoms with Crippen molar-refractivity contribution in [1.29, 1.82) is 0 Å². The molecular formula is C16H20ClNO3. The Kier molecular flexibility index (Phi) is 6.49. The van der Waals surface area contributed by atoms with Crippen LogP contribution in [0.5, 0.6) is 11.5 Å². The number of phenols is 1. The quantitative estimate of drug-likeness (QED) is 0.793. The van der Waals surface area contributed by atoms with E-state index in [9.17, 15) is 10.2 Å². The fraction of sp³-hybridized carbons (Fsp3) is 0.250. The first-order valence-electron chi connectivity index (χ1n) is 6.46. The summed E-state index contributed by atoms with van der Waals surface area (Å²) in [5.74, 6) is 0.658. The first kappa shape index (κ1) is 17.3. The lowest BCUT2D eigenvalue weighted by atomic mass is 9.96. The third-order valence-electron chi connectivity index (χ3n) is 3.30. The van der Waals surface area contributed by atoms with Crippen LogP contribution in [0.1, 0.15) is 17.2 Å².